The second-order valence-corrected chi connectivity index (χ2v) is 3.74. The lowest BCUT2D eigenvalue weighted by Crippen LogP contribution is -2.16. The van der Waals surface area contributed by atoms with E-state index in [-0.39, 0.29) is 5.56 Å². The number of primary amides is 1. The molecule has 0 saturated heterocycles. The maximum Gasteiger partial charge on any atom is 0.252 e. The van der Waals surface area contributed by atoms with Crippen LogP contribution in [0.25, 0.3) is 0 Å². The molecule has 0 aliphatic rings. The van der Waals surface area contributed by atoms with E-state index in [1.165, 1.54) is 12.3 Å². The van der Waals surface area contributed by atoms with E-state index in [4.69, 9.17) is 11.5 Å². The Kier molecular flexibility index (Phi) is 3.38. The van der Waals surface area contributed by atoms with Crippen LogP contribution in [0.4, 0.5) is 11.5 Å². The number of pyridine rings is 2. The molecule has 6 heteroatoms. The van der Waals surface area contributed by atoms with E-state index < -0.39 is 5.91 Å². The van der Waals surface area contributed by atoms with E-state index in [0.29, 0.717) is 18.1 Å². The van der Waals surface area contributed by atoms with E-state index in [2.05, 4.69) is 15.3 Å². The van der Waals surface area contributed by atoms with Crippen molar-refractivity contribution >= 4 is 17.4 Å². The number of carbonyl (C=O) groups is 1. The lowest BCUT2D eigenvalue weighted by atomic mass is 10.2. The number of nitrogens with two attached hydrogens (primary N) is 2. The van der Waals surface area contributed by atoms with Crippen molar-refractivity contribution in [3.8, 4) is 0 Å². The van der Waals surface area contributed by atoms with E-state index in [1.54, 1.807) is 12.4 Å². The summed E-state index contributed by atoms with van der Waals surface area (Å²) in [6, 6.07) is 5.25. The van der Waals surface area contributed by atoms with Crippen LogP contribution in [-0.2, 0) is 6.54 Å². The zero-order valence-electron chi connectivity index (χ0n) is 9.63. The van der Waals surface area contributed by atoms with E-state index >= 15 is 0 Å². The van der Waals surface area contributed by atoms with Gasteiger partial charge in [0.15, 0.2) is 0 Å². The number of nitrogens with zero attached hydrogens (tertiary/aromatic N) is 2. The van der Waals surface area contributed by atoms with Gasteiger partial charge in [0, 0.05) is 18.9 Å². The molecule has 0 aromatic carbocycles. The van der Waals surface area contributed by atoms with Crippen molar-refractivity contribution in [3.05, 3.63) is 47.9 Å². The lowest BCUT2D eigenvalue weighted by molar-refractivity contribution is 0.100. The number of aromatic nitrogens is 2. The zero-order chi connectivity index (χ0) is 13.0. The van der Waals surface area contributed by atoms with E-state index in [9.17, 15) is 4.79 Å². The normalized spacial score (nSPS) is 10.0. The molecule has 0 radical (unpaired) electrons. The lowest BCUT2D eigenvalue weighted by Gasteiger charge is -2.09. The van der Waals surface area contributed by atoms with Gasteiger partial charge in [0.1, 0.15) is 5.82 Å². The highest BCUT2D eigenvalue weighted by Crippen LogP contribution is 2.15. The smallest absolute Gasteiger partial charge is 0.252 e. The fourth-order valence-electron chi connectivity index (χ4n) is 1.50. The molecule has 6 nitrogen and oxygen atoms in total. The molecule has 0 atom stereocenters. The molecule has 2 aromatic heterocycles. The van der Waals surface area contributed by atoms with Crippen molar-refractivity contribution in [1.29, 1.82) is 0 Å². The third-order valence-electron chi connectivity index (χ3n) is 2.36. The number of rotatable bonds is 4. The predicted octanol–water partition coefficient (Wildman–Crippen LogP) is 0.770. The van der Waals surface area contributed by atoms with Crippen LogP contribution in [-0.4, -0.2) is 15.9 Å². The Balaban J connectivity index is 2.17. The Hall–Kier alpha value is -2.63. The van der Waals surface area contributed by atoms with Crippen molar-refractivity contribution in [2.45, 2.75) is 6.54 Å². The molecule has 0 saturated carbocycles. The summed E-state index contributed by atoms with van der Waals surface area (Å²) in [5.74, 6) is -0.149. The minimum absolute atomic E-state index is 0.277. The minimum atomic E-state index is -0.566. The molecule has 2 aromatic rings. The number of amides is 1. The van der Waals surface area contributed by atoms with Gasteiger partial charge in [0.25, 0.3) is 5.91 Å². The van der Waals surface area contributed by atoms with Crippen LogP contribution in [0.1, 0.15) is 15.9 Å². The zero-order valence-corrected chi connectivity index (χ0v) is 9.63. The Morgan fingerprint density at radius 1 is 1.39 bits per heavy atom. The molecular formula is C12H13N5O. The third kappa shape index (κ3) is 2.73. The number of hydrogen-bond acceptors (Lipinski definition) is 5. The van der Waals surface area contributed by atoms with Crippen LogP contribution in [0.3, 0.4) is 0 Å². The topological polar surface area (TPSA) is 107 Å². The number of nitrogen functional groups attached to an aromatic ring is 1. The first kappa shape index (κ1) is 11.8. The molecule has 5 N–H and O–H groups in total. The molecule has 2 heterocycles. The first-order valence-corrected chi connectivity index (χ1v) is 5.35. The predicted molar refractivity (Wildman–Crippen MR) is 68.7 cm³/mol. The Bertz CT molecular complexity index is 556. The van der Waals surface area contributed by atoms with Gasteiger partial charge in [0.05, 0.1) is 17.4 Å². The molecule has 92 valence electrons. The van der Waals surface area contributed by atoms with Crippen molar-refractivity contribution in [2.75, 3.05) is 11.1 Å². The minimum Gasteiger partial charge on any atom is -0.397 e. The molecule has 0 aliphatic heterocycles. The van der Waals surface area contributed by atoms with Crippen LogP contribution < -0.4 is 16.8 Å². The van der Waals surface area contributed by atoms with Gasteiger partial charge in [-0.25, -0.2) is 4.98 Å². The molecular weight excluding hydrogens is 230 g/mol. The molecule has 0 bridgehead atoms. The summed E-state index contributed by atoms with van der Waals surface area (Å²) in [6.45, 7) is 0.505. The Morgan fingerprint density at radius 3 is 2.89 bits per heavy atom. The summed E-state index contributed by atoms with van der Waals surface area (Å²) in [5.41, 5.74) is 12.5. The fraction of sp³-hybridized carbons (Fsp3) is 0.0833. The van der Waals surface area contributed by atoms with Crippen LogP contribution >= 0.6 is 0 Å². The Morgan fingerprint density at radius 2 is 2.22 bits per heavy atom. The summed E-state index contributed by atoms with van der Waals surface area (Å²) in [7, 11) is 0. The van der Waals surface area contributed by atoms with Crippen molar-refractivity contribution < 1.29 is 4.79 Å². The molecule has 18 heavy (non-hydrogen) atoms. The molecule has 0 fully saturated rings. The molecule has 0 unspecified atom stereocenters. The largest absolute Gasteiger partial charge is 0.397 e. The van der Waals surface area contributed by atoms with Gasteiger partial charge in [-0.15, -0.1) is 0 Å². The second-order valence-electron chi connectivity index (χ2n) is 3.74. The van der Waals surface area contributed by atoms with Crippen LogP contribution in [0.5, 0.6) is 0 Å². The van der Waals surface area contributed by atoms with Crippen LogP contribution in [0, 0.1) is 0 Å². The SMILES string of the molecule is NC(=O)c1cc(N)cnc1NCc1cccnc1. The first-order valence-electron chi connectivity index (χ1n) is 5.35. The summed E-state index contributed by atoms with van der Waals surface area (Å²) >= 11 is 0. The first-order chi connectivity index (χ1) is 8.66. The number of anilines is 2. The highest BCUT2D eigenvalue weighted by Gasteiger charge is 2.09. The molecule has 0 spiro atoms. The van der Waals surface area contributed by atoms with E-state index in [0.717, 1.165) is 5.56 Å². The van der Waals surface area contributed by atoms with Gasteiger partial charge in [0.2, 0.25) is 0 Å². The average molecular weight is 243 g/mol. The Labute approximate surface area is 104 Å². The average Bonchev–Trinajstić information content (AvgIpc) is 2.38. The summed E-state index contributed by atoms with van der Waals surface area (Å²) in [5, 5.41) is 3.03. The molecule has 1 amide bonds. The highest BCUT2D eigenvalue weighted by molar-refractivity contribution is 5.98. The van der Waals surface area contributed by atoms with Gasteiger partial charge in [-0.2, -0.15) is 0 Å². The number of hydrogen-bond donors (Lipinski definition) is 3. The second kappa shape index (κ2) is 5.13. The van der Waals surface area contributed by atoms with Gasteiger partial charge >= 0.3 is 0 Å². The highest BCUT2D eigenvalue weighted by atomic mass is 16.1. The van der Waals surface area contributed by atoms with Crippen LogP contribution in [0.15, 0.2) is 36.8 Å². The van der Waals surface area contributed by atoms with E-state index in [1.807, 2.05) is 12.1 Å². The summed E-state index contributed by atoms with van der Waals surface area (Å²) in [4.78, 5) is 19.3. The maximum absolute atomic E-state index is 11.3. The monoisotopic (exact) mass is 243 g/mol. The summed E-state index contributed by atoms with van der Waals surface area (Å²) in [6.07, 6.45) is 4.89. The van der Waals surface area contributed by atoms with Crippen LogP contribution in [0.2, 0.25) is 0 Å². The van der Waals surface area contributed by atoms with Gasteiger partial charge in [-0.05, 0) is 17.7 Å². The standard InChI is InChI=1S/C12H13N5O/c13-9-4-10(11(14)18)12(17-7-9)16-6-8-2-1-3-15-5-8/h1-5,7H,6,13H2,(H2,14,18)(H,16,17). The van der Waals surface area contributed by atoms with Gasteiger partial charge in [-0.3, -0.25) is 9.78 Å². The third-order valence-corrected chi connectivity index (χ3v) is 2.36. The number of nitrogens with one attached hydrogen (secondary N) is 1. The van der Waals surface area contributed by atoms with Gasteiger partial charge < -0.3 is 16.8 Å². The van der Waals surface area contributed by atoms with Gasteiger partial charge in [-0.1, -0.05) is 6.07 Å². The van der Waals surface area contributed by atoms with Crippen molar-refractivity contribution in [1.82, 2.24) is 9.97 Å². The fourth-order valence-corrected chi connectivity index (χ4v) is 1.50. The molecule has 2 rings (SSSR count). The maximum atomic E-state index is 11.3. The number of carbonyl (C=O) groups excluding carboxylic acids is 1. The van der Waals surface area contributed by atoms with Crippen molar-refractivity contribution in [3.63, 3.8) is 0 Å². The quantitative estimate of drug-likeness (QED) is 0.735. The van der Waals surface area contributed by atoms with Crippen molar-refractivity contribution in [2.24, 2.45) is 5.73 Å². The summed E-state index contributed by atoms with van der Waals surface area (Å²) < 4.78 is 0. The molecule has 0 aliphatic carbocycles.